The molecule has 0 bridgehead atoms. The first-order valence-corrected chi connectivity index (χ1v) is 9.42. The van der Waals surface area contributed by atoms with Crippen molar-refractivity contribution in [3.05, 3.63) is 60.5 Å². The maximum atomic E-state index is 12.6. The Balaban J connectivity index is 1.71. The number of nitro groups is 1. The fraction of sp³-hybridized carbons (Fsp3) is 0.263. The van der Waals surface area contributed by atoms with Crippen LogP contribution in [0, 0.1) is 16.0 Å². The first-order chi connectivity index (χ1) is 12.9. The fourth-order valence-corrected chi connectivity index (χ4v) is 4.79. The molecular formula is C19H16N3O4S-. The molecule has 1 atom stereocenters. The molecule has 1 aliphatic rings. The van der Waals surface area contributed by atoms with Gasteiger partial charge in [-0.15, -0.1) is 11.3 Å². The van der Waals surface area contributed by atoms with Crippen LogP contribution < -0.4 is 10.7 Å². The van der Waals surface area contributed by atoms with E-state index in [2.05, 4.69) is 16.9 Å². The molecule has 2 aromatic heterocycles. The summed E-state index contributed by atoms with van der Waals surface area (Å²) in [5.41, 5.74) is 0.976. The Kier molecular flexibility index (Phi) is 4.27. The summed E-state index contributed by atoms with van der Waals surface area (Å²) in [6.07, 6.45) is 6.14. The second-order valence-electron chi connectivity index (χ2n) is 6.80. The monoisotopic (exact) mass is 382 g/mol. The van der Waals surface area contributed by atoms with Crippen LogP contribution in [0.3, 0.4) is 0 Å². The predicted octanol–water partition coefficient (Wildman–Crippen LogP) is 3.26. The quantitative estimate of drug-likeness (QED) is 0.552. The van der Waals surface area contributed by atoms with Crippen molar-refractivity contribution in [1.82, 2.24) is 9.97 Å². The first kappa shape index (κ1) is 17.4. The lowest BCUT2D eigenvalue weighted by molar-refractivity contribution is -0.398. The molecule has 3 aromatic rings. The lowest BCUT2D eigenvalue weighted by Crippen LogP contribution is -2.13. The van der Waals surface area contributed by atoms with Crippen LogP contribution in [-0.2, 0) is 12.8 Å². The molecule has 7 nitrogen and oxygen atoms in total. The van der Waals surface area contributed by atoms with Crippen molar-refractivity contribution in [2.24, 2.45) is 5.92 Å². The van der Waals surface area contributed by atoms with Gasteiger partial charge < -0.3 is 10.1 Å². The van der Waals surface area contributed by atoms with Gasteiger partial charge in [-0.1, -0.05) is 25.1 Å². The van der Waals surface area contributed by atoms with Crippen LogP contribution in [0.4, 0.5) is 5.69 Å². The van der Waals surface area contributed by atoms with Gasteiger partial charge in [-0.2, -0.15) is 0 Å². The van der Waals surface area contributed by atoms with E-state index in [0.717, 1.165) is 35.7 Å². The number of hydrogen-bond donors (Lipinski definition) is 1. The predicted molar refractivity (Wildman–Crippen MR) is 103 cm³/mol. The van der Waals surface area contributed by atoms with Crippen LogP contribution in [0.5, 0.6) is 5.75 Å². The highest BCUT2D eigenvalue weighted by Crippen LogP contribution is 2.35. The largest absolute Gasteiger partial charge is 0.868 e. The van der Waals surface area contributed by atoms with E-state index in [4.69, 9.17) is 0 Å². The van der Waals surface area contributed by atoms with Gasteiger partial charge in [-0.05, 0) is 48.1 Å². The molecule has 0 unspecified atom stereocenters. The normalized spacial score (nSPS) is 16.7. The van der Waals surface area contributed by atoms with Gasteiger partial charge in [0.1, 0.15) is 10.7 Å². The van der Waals surface area contributed by atoms with Gasteiger partial charge in [0.05, 0.1) is 10.3 Å². The second-order valence-corrected chi connectivity index (χ2v) is 7.88. The number of thiophene rings is 1. The summed E-state index contributed by atoms with van der Waals surface area (Å²) in [4.78, 5) is 32.0. The van der Waals surface area contributed by atoms with E-state index in [0.29, 0.717) is 22.7 Å². The molecule has 1 aliphatic carbocycles. The molecule has 0 aliphatic heterocycles. The molecule has 8 heteroatoms. The highest BCUT2D eigenvalue weighted by atomic mass is 32.1. The molecule has 27 heavy (non-hydrogen) atoms. The minimum Gasteiger partial charge on any atom is -0.868 e. The highest BCUT2D eigenvalue weighted by Gasteiger charge is 2.22. The topological polar surface area (TPSA) is 112 Å². The van der Waals surface area contributed by atoms with Crippen molar-refractivity contribution in [2.75, 3.05) is 0 Å². The Morgan fingerprint density at radius 1 is 1.37 bits per heavy atom. The molecule has 4 rings (SSSR count). The number of aromatic amines is 1. The number of aryl methyl sites for hydroxylation is 1. The maximum Gasteiger partial charge on any atom is 0.262 e. The minimum atomic E-state index is -0.705. The van der Waals surface area contributed by atoms with Crippen LogP contribution in [0.25, 0.3) is 22.4 Å². The van der Waals surface area contributed by atoms with Crippen LogP contribution in [0.15, 0.2) is 23.0 Å². The summed E-state index contributed by atoms with van der Waals surface area (Å²) in [6.45, 7) is 2.21. The zero-order valence-corrected chi connectivity index (χ0v) is 15.3. The Bertz CT molecular complexity index is 1150. The maximum absolute atomic E-state index is 12.6. The Labute approximate surface area is 158 Å². The Hall–Kier alpha value is -3.00. The van der Waals surface area contributed by atoms with Crippen LogP contribution in [0.2, 0.25) is 0 Å². The number of nitrogens with zero attached hydrogens (tertiary/aromatic N) is 2. The molecule has 0 fully saturated rings. The second kappa shape index (κ2) is 6.62. The number of H-pyrrole nitrogens is 1. The van der Waals surface area contributed by atoms with E-state index in [-0.39, 0.29) is 5.56 Å². The lowest BCUT2D eigenvalue weighted by atomic mass is 9.89. The van der Waals surface area contributed by atoms with Crippen molar-refractivity contribution < 1.29 is 10.0 Å². The van der Waals surface area contributed by atoms with Gasteiger partial charge in [0, 0.05) is 10.9 Å². The average molecular weight is 382 g/mol. The van der Waals surface area contributed by atoms with Crippen LogP contribution >= 0.6 is 11.3 Å². The summed E-state index contributed by atoms with van der Waals surface area (Å²) in [7, 11) is 0. The van der Waals surface area contributed by atoms with E-state index in [1.807, 2.05) is 0 Å². The molecule has 0 radical (unpaired) electrons. The minimum absolute atomic E-state index is 0.160. The fourth-order valence-electron chi connectivity index (χ4n) is 3.40. The molecule has 0 saturated carbocycles. The van der Waals surface area contributed by atoms with Gasteiger partial charge in [0.2, 0.25) is 0 Å². The van der Waals surface area contributed by atoms with Crippen molar-refractivity contribution >= 4 is 39.4 Å². The van der Waals surface area contributed by atoms with E-state index < -0.39 is 16.4 Å². The Morgan fingerprint density at radius 3 is 2.96 bits per heavy atom. The van der Waals surface area contributed by atoms with E-state index in [1.165, 1.54) is 17.0 Å². The summed E-state index contributed by atoms with van der Waals surface area (Å²) in [6, 6.07) is 3.86. The zero-order chi connectivity index (χ0) is 19.1. The number of benzene rings is 1. The van der Waals surface area contributed by atoms with Gasteiger partial charge in [0.15, 0.2) is 0 Å². The Morgan fingerprint density at radius 2 is 2.19 bits per heavy atom. The number of nitrogens with one attached hydrogen (secondary N) is 1. The van der Waals surface area contributed by atoms with Crippen molar-refractivity contribution in [1.29, 1.82) is 0 Å². The zero-order valence-electron chi connectivity index (χ0n) is 14.5. The number of rotatable bonds is 3. The summed E-state index contributed by atoms with van der Waals surface area (Å²) in [5.74, 6) is 0.361. The summed E-state index contributed by atoms with van der Waals surface area (Å²) >= 11 is 1.57. The van der Waals surface area contributed by atoms with Crippen molar-refractivity contribution in [3.8, 4) is 5.75 Å². The van der Waals surface area contributed by atoms with Crippen LogP contribution in [0.1, 0.15) is 35.2 Å². The third-order valence-corrected chi connectivity index (χ3v) is 5.95. The molecule has 1 N–H and O–H groups in total. The standard InChI is InChI=1S/C19H17N3O4S/c1-10-2-5-12-15(8-10)27-19-17(12)18(24)20-16(21-19)7-4-11-3-6-14(23)13(9-11)22(25)26/h3-4,6-7,9-10,23H,2,5,8H2,1H3,(H,20,21,24)/p-1/b7-4+/t10-/m1/s1. The first-order valence-electron chi connectivity index (χ1n) is 8.60. The SMILES string of the molecule is C[C@@H]1CCc2c(sc3nc(/C=C/c4ccc([O-])c([N+](=O)[O-])c4)[nH]c(=O)c23)C1. The molecule has 0 saturated heterocycles. The van der Waals surface area contributed by atoms with Gasteiger partial charge in [-0.25, -0.2) is 4.98 Å². The van der Waals surface area contributed by atoms with E-state index >= 15 is 0 Å². The number of nitro benzene ring substituents is 1. The third-order valence-electron chi connectivity index (χ3n) is 4.80. The molecule has 2 heterocycles. The molecule has 1 aromatic carbocycles. The molecular weight excluding hydrogens is 366 g/mol. The number of hydrogen-bond acceptors (Lipinski definition) is 6. The molecule has 138 valence electrons. The summed E-state index contributed by atoms with van der Waals surface area (Å²) < 4.78 is 0. The third kappa shape index (κ3) is 3.23. The van der Waals surface area contributed by atoms with Gasteiger partial charge in [-0.3, -0.25) is 14.9 Å². The molecule has 0 spiro atoms. The van der Waals surface area contributed by atoms with Gasteiger partial charge in [0.25, 0.3) is 11.2 Å². The lowest BCUT2D eigenvalue weighted by Gasteiger charge is -2.17. The van der Waals surface area contributed by atoms with Crippen molar-refractivity contribution in [3.63, 3.8) is 0 Å². The van der Waals surface area contributed by atoms with E-state index in [9.17, 15) is 20.0 Å². The van der Waals surface area contributed by atoms with Crippen LogP contribution in [-0.4, -0.2) is 14.9 Å². The summed E-state index contributed by atoms with van der Waals surface area (Å²) in [5, 5.41) is 23.0. The smallest absolute Gasteiger partial charge is 0.262 e. The number of aromatic nitrogens is 2. The molecule has 0 amide bonds. The highest BCUT2D eigenvalue weighted by molar-refractivity contribution is 7.18. The number of fused-ring (bicyclic) bond motifs is 3. The average Bonchev–Trinajstić information content (AvgIpc) is 2.98. The van der Waals surface area contributed by atoms with Crippen molar-refractivity contribution in [2.45, 2.75) is 26.2 Å². The van der Waals surface area contributed by atoms with E-state index in [1.54, 1.807) is 23.5 Å². The van der Waals surface area contributed by atoms with Gasteiger partial charge >= 0.3 is 0 Å².